The first kappa shape index (κ1) is 37.5. The third-order valence-corrected chi connectivity index (χ3v) is 9.97. The maximum atomic E-state index is 13.3. The molecular weight excluding hydrogens is 736 g/mol. The molecule has 2 saturated heterocycles. The molecule has 5 heterocycles. The lowest BCUT2D eigenvalue weighted by Crippen LogP contribution is -2.54. The molecule has 2 aromatic carbocycles. The minimum atomic E-state index is -1.06. The van der Waals surface area contributed by atoms with Crippen LogP contribution in [0.3, 0.4) is 0 Å². The first-order valence-corrected chi connectivity index (χ1v) is 18.3. The number of halogens is 1. The van der Waals surface area contributed by atoms with Crippen molar-refractivity contribution in [3.63, 3.8) is 0 Å². The van der Waals surface area contributed by atoms with Gasteiger partial charge in [0.2, 0.25) is 23.7 Å². The van der Waals surface area contributed by atoms with E-state index in [4.69, 9.17) is 30.8 Å². The SMILES string of the molecule is CNC(=O)CCC1Oc2cc(Nc3nc(N4CCO[C@H](COc5ccc6c(c5)C(=O)N(C5CCC(=O)NC5=O)C6=O)C4)ncc3Cl)ccc2N(C(C)C)C1=O. The van der Waals surface area contributed by atoms with Crippen LogP contribution in [-0.4, -0.2) is 108 Å². The number of imide groups is 2. The van der Waals surface area contributed by atoms with E-state index >= 15 is 0 Å². The van der Waals surface area contributed by atoms with Gasteiger partial charge in [-0.15, -0.1) is 0 Å². The summed E-state index contributed by atoms with van der Waals surface area (Å²) in [6.45, 7) is 5.16. The molecule has 2 fully saturated rings. The Balaban J connectivity index is 1.00. The fraction of sp³-hybridized carbons (Fsp3) is 0.405. The number of piperidine rings is 1. The lowest BCUT2D eigenvalue weighted by molar-refractivity contribution is -0.136. The Morgan fingerprint density at radius 3 is 2.65 bits per heavy atom. The van der Waals surface area contributed by atoms with E-state index in [-0.39, 0.29) is 66.3 Å². The minimum Gasteiger partial charge on any atom is -0.491 e. The molecule has 55 heavy (non-hydrogen) atoms. The van der Waals surface area contributed by atoms with Crippen LogP contribution in [0.25, 0.3) is 0 Å². The van der Waals surface area contributed by atoms with Gasteiger partial charge in [-0.25, -0.2) is 4.98 Å². The van der Waals surface area contributed by atoms with E-state index in [2.05, 4.69) is 20.9 Å². The number of carbonyl (C=O) groups is 6. The minimum absolute atomic E-state index is 0.0325. The maximum absolute atomic E-state index is 13.3. The zero-order valence-corrected chi connectivity index (χ0v) is 31.1. The van der Waals surface area contributed by atoms with E-state index in [9.17, 15) is 28.8 Å². The second-order valence-electron chi connectivity index (χ2n) is 13.7. The molecule has 18 heteroatoms. The fourth-order valence-corrected chi connectivity index (χ4v) is 7.07. The van der Waals surface area contributed by atoms with Crippen LogP contribution >= 0.6 is 11.6 Å². The first-order valence-electron chi connectivity index (χ1n) is 17.9. The van der Waals surface area contributed by atoms with Crippen LogP contribution in [0, 0.1) is 0 Å². The number of fused-ring (bicyclic) bond motifs is 2. The predicted octanol–water partition coefficient (Wildman–Crippen LogP) is 2.59. The second-order valence-corrected chi connectivity index (χ2v) is 14.1. The monoisotopic (exact) mass is 774 g/mol. The summed E-state index contributed by atoms with van der Waals surface area (Å²) in [6.07, 6.45) is 0.739. The van der Waals surface area contributed by atoms with E-state index < -0.39 is 41.9 Å². The molecule has 1 aromatic heterocycles. The molecule has 4 aliphatic heterocycles. The number of nitrogens with one attached hydrogen (secondary N) is 3. The standard InChI is InChI=1S/C37H39ClN8O9/c1-19(2)45-26-7-4-20(14-29(26)55-28(36(45)52)9-11-30(47)39-3)41-32-25(38)16-40-37(43-32)44-12-13-53-22(17-44)18-54-21-5-6-23-24(15-21)35(51)46(34(23)50)27-8-10-31(48)42-33(27)49/h4-7,14-16,19,22,27-28H,8-13,17-18H2,1-3H3,(H,39,47)(H,40,41,43)(H,42,48,49)/t22-,27?,28?/m0/s1. The van der Waals surface area contributed by atoms with Crippen molar-refractivity contribution < 1.29 is 43.0 Å². The highest BCUT2D eigenvalue weighted by molar-refractivity contribution is 6.33. The van der Waals surface area contributed by atoms with Crippen LogP contribution in [-0.2, 0) is 23.9 Å². The van der Waals surface area contributed by atoms with Gasteiger partial charge in [-0.3, -0.25) is 39.0 Å². The number of anilines is 4. The summed E-state index contributed by atoms with van der Waals surface area (Å²) < 4.78 is 18.1. The number of amides is 6. The Morgan fingerprint density at radius 1 is 1.09 bits per heavy atom. The largest absolute Gasteiger partial charge is 0.491 e. The van der Waals surface area contributed by atoms with Gasteiger partial charge in [0.1, 0.15) is 35.3 Å². The third-order valence-electron chi connectivity index (χ3n) is 9.69. The number of nitrogens with zero attached hydrogens (tertiary/aromatic N) is 5. The molecule has 0 spiro atoms. The van der Waals surface area contributed by atoms with Gasteiger partial charge in [0.15, 0.2) is 11.9 Å². The molecule has 7 rings (SSSR count). The Hall–Kier alpha value is -5.81. The summed E-state index contributed by atoms with van der Waals surface area (Å²) in [5.74, 6) is -1.16. The number of aromatic nitrogens is 2. The number of benzene rings is 2. The van der Waals surface area contributed by atoms with Gasteiger partial charge in [0.25, 0.3) is 17.7 Å². The second kappa shape index (κ2) is 15.5. The number of carbonyl (C=O) groups excluding carboxylic acids is 6. The van der Waals surface area contributed by atoms with Gasteiger partial charge in [0.05, 0.1) is 36.2 Å². The maximum Gasteiger partial charge on any atom is 0.268 e. The van der Waals surface area contributed by atoms with Crippen LogP contribution < -0.4 is 35.2 Å². The summed E-state index contributed by atoms with van der Waals surface area (Å²) in [4.78, 5) is 89.1. The van der Waals surface area contributed by atoms with E-state index in [1.54, 1.807) is 36.2 Å². The van der Waals surface area contributed by atoms with Gasteiger partial charge in [0, 0.05) is 50.7 Å². The van der Waals surface area contributed by atoms with Crippen molar-refractivity contribution in [2.45, 2.75) is 63.8 Å². The molecule has 4 aliphatic rings. The molecule has 0 bridgehead atoms. The smallest absolute Gasteiger partial charge is 0.268 e. The van der Waals surface area contributed by atoms with Crippen molar-refractivity contribution in [3.8, 4) is 11.5 Å². The molecule has 6 amide bonds. The molecule has 0 saturated carbocycles. The predicted molar refractivity (Wildman–Crippen MR) is 198 cm³/mol. The molecule has 288 valence electrons. The van der Waals surface area contributed by atoms with Crippen LogP contribution in [0.4, 0.5) is 23.1 Å². The first-order chi connectivity index (χ1) is 26.4. The highest BCUT2D eigenvalue weighted by atomic mass is 35.5. The summed E-state index contributed by atoms with van der Waals surface area (Å²) in [5, 5.41) is 8.28. The number of morpholine rings is 1. The summed E-state index contributed by atoms with van der Waals surface area (Å²) in [6, 6.07) is 8.68. The van der Waals surface area contributed by atoms with Crippen molar-refractivity contribution in [3.05, 3.63) is 58.7 Å². The van der Waals surface area contributed by atoms with Gasteiger partial charge in [-0.1, -0.05) is 11.6 Å². The Labute approximate surface area is 320 Å². The zero-order chi connectivity index (χ0) is 39.0. The van der Waals surface area contributed by atoms with Crippen LogP contribution in [0.5, 0.6) is 11.5 Å². The lowest BCUT2D eigenvalue weighted by atomic mass is 10.0. The summed E-state index contributed by atoms with van der Waals surface area (Å²) >= 11 is 6.54. The quantitative estimate of drug-likeness (QED) is 0.240. The van der Waals surface area contributed by atoms with Crippen LogP contribution in [0.1, 0.15) is 60.2 Å². The topological polar surface area (TPSA) is 202 Å². The van der Waals surface area contributed by atoms with Crippen molar-refractivity contribution in [1.29, 1.82) is 0 Å². The average molecular weight is 775 g/mol. The molecule has 3 atom stereocenters. The number of rotatable bonds is 11. The fourth-order valence-electron chi connectivity index (χ4n) is 6.93. The average Bonchev–Trinajstić information content (AvgIpc) is 3.41. The molecule has 3 aromatic rings. The van der Waals surface area contributed by atoms with E-state index in [1.807, 2.05) is 18.7 Å². The molecule has 0 aliphatic carbocycles. The highest BCUT2D eigenvalue weighted by Crippen LogP contribution is 2.39. The molecule has 3 N–H and O–H groups in total. The van der Waals surface area contributed by atoms with Crippen LogP contribution in [0.2, 0.25) is 5.02 Å². The highest BCUT2D eigenvalue weighted by Gasteiger charge is 2.45. The summed E-state index contributed by atoms with van der Waals surface area (Å²) in [5.41, 5.74) is 1.50. The number of ether oxygens (including phenoxy) is 3. The van der Waals surface area contributed by atoms with Crippen molar-refractivity contribution in [1.82, 2.24) is 25.5 Å². The lowest BCUT2D eigenvalue weighted by Gasteiger charge is -2.37. The Bertz CT molecular complexity index is 2080. The Morgan fingerprint density at radius 2 is 1.89 bits per heavy atom. The van der Waals surface area contributed by atoms with Crippen LogP contribution in [0.15, 0.2) is 42.6 Å². The number of hydrogen-bond donors (Lipinski definition) is 3. The van der Waals surface area contributed by atoms with Gasteiger partial charge in [-0.2, -0.15) is 4.98 Å². The Kier molecular flexibility index (Phi) is 10.6. The van der Waals surface area contributed by atoms with Crippen molar-refractivity contribution in [2.24, 2.45) is 0 Å². The van der Waals surface area contributed by atoms with Gasteiger partial charge in [-0.05, 0) is 50.6 Å². The number of hydrogen-bond acceptors (Lipinski definition) is 13. The van der Waals surface area contributed by atoms with Crippen molar-refractivity contribution in [2.75, 3.05) is 48.5 Å². The molecule has 17 nitrogen and oxygen atoms in total. The van der Waals surface area contributed by atoms with Gasteiger partial charge >= 0.3 is 0 Å². The third kappa shape index (κ3) is 7.62. The van der Waals surface area contributed by atoms with Crippen molar-refractivity contribution >= 4 is 70.2 Å². The van der Waals surface area contributed by atoms with E-state index in [1.165, 1.54) is 18.3 Å². The molecule has 0 radical (unpaired) electrons. The van der Waals surface area contributed by atoms with Gasteiger partial charge < -0.3 is 34.6 Å². The molecule has 2 unspecified atom stereocenters. The summed E-state index contributed by atoms with van der Waals surface area (Å²) in [7, 11) is 1.55. The van der Waals surface area contributed by atoms with E-state index in [0.717, 1.165) is 4.90 Å². The van der Waals surface area contributed by atoms with E-state index in [0.29, 0.717) is 54.3 Å². The molecular formula is C37H39ClN8O9. The zero-order valence-electron chi connectivity index (χ0n) is 30.3. The normalized spacial score (nSPS) is 20.9.